The summed E-state index contributed by atoms with van der Waals surface area (Å²) in [7, 11) is -1.27. The van der Waals surface area contributed by atoms with E-state index in [2.05, 4.69) is 22.9 Å². The van der Waals surface area contributed by atoms with E-state index in [4.69, 9.17) is 0 Å². The van der Waals surface area contributed by atoms with Gasteiger partial charge in [-0.25, -0.2) is 0 Å². The van der Waals surface area contributed by atoms with E-state index >= 15 is 0 Å². The Kier molecular flexibility index (Phi) is 2.19. The summed E-state index contributed by atoms with van der Waals surface area (Å²) in [4.78, 5) is 0. The van der Waals surface area contributed by atoms with Crippen LogP contribution in [0, 0.1) is 22.9 Å². The molecule has 10 heavy (non-hydrogen) atoms. The van der Waals surface area contributed by atoms with Crippen molar-refractivity contribution < 1.29 is 0 Å². The molecule has 0 aromatic heterocycles. The highest BCUT2D eigenvalue weighted by Gasteiger charge is 2.36. The van der Waals surface area contributed by atoms with Crippen molar-refractivity contribution in [3.63, 3.8) is 0 Å². The molecule has 0 amide bonds. The van der Waals surface area contributed by atoms with Crippen LogP contribution >= 0.6 is 0 Å². The van der Waals surface area contributed by atoms with Crippen LogP contribution in [0.3, 0.4) is 0 Å². The maximum atomic E-state index is 3.31. The second-order valence-electron chi connectivity index (χ2n) is 2.69. The van der Waals surface area contributed by atoms with Gasteiger partial charge in [0, 0.05) is 0 Å². The lowest BCUT2D eigenvalue weighted by Gasteiger charge is -2.28. The molecule has 0 aliphatic carbocycles. The van der Waals surface area contributed by atoms with Crippen LogP contribution in [0.1, 0.15) is 20.3 Å². The summed E-state index contributed by atoms with van der Waals surface area (Å²) in [6.45, 7) is 3.84. The van der Waals surface area contributed by atoms with Crippen molar-refractivity contribution in [2.75, 3.05) is 0 Å². The fraction of sp³-hybridized carbons (Fsp3) is 0.556. The second kappa shape index (κ2) is 2.95. The highest BCUT2D eigenvalue weighted by atomic mass is 28.3. The minimum atomic E-state index is -1.27. The molecule has 52 valence electrons. The third-order valence-corrected chi connectivity index (χ3v) is 5.81. The Morgan fingerprint density at radius 3 is 1.70 bits per heavy atom. The van der Waals surface area contributed by atoms with Gasteiger partial charge in [-0.15, -0.1) is 22.9 Å². The quantitative estimate of drug-likeness (QED) is 0.364. The molecule has 0 radical (unpaired) electrons. The van der Waals surface area contributed by atoms with E-state index < -0.39 is 8.07 Å². The summed E-state index contributed by atoms with van der Waals surface area (Å²) in [5, 5.41) is 0. The predicted octanol–water partition coefficient (Wildman–Crippen LogP) is 1.96. The smallest absolute Gasteiger partial charge is 0.116 e. The van der Waals surface area contributed by atoms with Crippen molar-refractivity contribution in [3.05, 3.63) is 0 Å². The summed E-state index contributed by atoms with van der Waals surface area (Å²) in [6, 6.07) is 2.63. The molecule has 1 fully saturated rings. The first-order valence-corrected chi connectivity index (χ1v) is 6.12. The number of hydrogen-bond donors (Lipinski definition) is 0. The zero-order valence-corrected chi connectivity index (χ0v) is 7.62. The van der Waals surface area contributed by atoms with Gasteiger partial charge in [0.25, 0.3) is 0 Å². The fourth-order valence-electron chi connectivity index (χ4n) is 1.29. The summed E-state index contributed by atoms with van der Waals surface area (Å²) >= 11 is 0. The molecule has 1 saturated heterocycles. The molecule has 1 rings (SSSR count). The second-order valence-corrected chi connectivity index (χ2v) is 6.35. The Hall–Kier alpha value is -0.663. The normalized spacial score (nSPS) is 19.0. The Balaban J connectivity index is 2.71. The van der Waals surface area contributed by atoms with Crippen molar-refractivity contribution in [2.45, 2.75) is 32.4 Å². The van der Waals surface area contributed by atoms with E-state index in [1.807, 2.05) is 13.8 Å². The monoisotopic (exact) mass is 148 g/mol. The molecule has 0 unspecified atom stereocenters. The van der Waals surface area contributed by atoms with Gasteiger partial charge in [-0.2, -0.15) is 0 Å². The van der Waals surface area contributed by atoms with E-state index in [-0.39, 0.29) is 0 Å². The molecule has 0 bridgehead atoms. The molecule has 1 aliphatic heterocycles. The van der Waals surface area contributed by atoms with Crippen molar-refractivity contribution in [2.24, 2.45) is 0 Å². The first kappa shape index (κ1) is 7.44. The van der Waals surface area contributed by atoms with Crippen LogP contribution in [-0.4, -0.2) is 8.07 Å². The topological polar surface area (TPSA) is 0 Å². The molecule has 0 saturated carbocycles. The van der Waals surface area contributed by atoms with Crippen LogP contribution in [0.15, 0.2) is 0 Å². The highest BCUT2D eigenvalue weighted by molar-refractivity contribution is 6.96. The minimum absolute atomic E-state index is 1.27. The summed E-state index contributed by atoms with van der Waals surface area (Å²) in [5.41, 5.74) is 6.62. The number of rotatable bonds is 0. The predicted molar refractivity (Wildman–Crippen MR) is 46.9 cm³/mol. The molecule has 1 heterocycles. The van der Waals surface area contributed by atoms with E-state index in [1.165, 1.54) is 18.5 Å². The van der Waals surface area contributed by atoms with Gasteiger partial charge in [0.05, 0.1) is 0 Å². The largest absolute Gasteiger partial charge is 0.216 e. The molecule has 0 aromatic carbocycles. The van der Waals surface area contributed by atoms with Crippen molar-refractivity contribution >= 4 is 8.07 Å². The number of hydrogen-bond acceptors (Lipinski definition) is 0. The lowest BCUT2D eigenvalue weighted by atomic mass is 10.5. The third kappa shape index (κ3) is 1.25. The fourth-order valence-corrected chi connectivity index (χ4v) is 3.87. The first-order valence-electron chi connectivity index (χ1n) is 3.71. The van der Waals surface area contributed by atoms with Crippen molar-refractivity contribution in [3.8, 4) is 22.9 Å². The Bertz CT molecular complexity index is 205. The van der Waals surface area contributed by atoms with Gasteiger partial charge in [0.1, 0.15) is 0 Å². The van der Waals surface area contributed by atoms with E-state index in [9.17, 15) is 0 Å². The minimum Gasteiger partial charge on any atom is -0.116 e. The maximum absolute atomic E-state index is 3.31. The average molecular weight is 148 g/mol. The molecule has 0 nitrogen and oxygen atoms in total. The van der Waals surface area contributed by atoms with Gasteiger partial charge in [-0.1, -0.05) is 6.42 Å². The lowest BCUT2D eigenvalue weighted by molar-refractivity contribution is 0.934. The summed E-state index contributed by atoms with van der Waals surface area (Å²) in [6.07, 6.45) is 1.36. The maximum Gasteiger partial charge on any atom is 0.216 e. The van der Waals surface area contributed by atoms with Crippen molar-refractivity contribution in [1.29, 1.82) is 0 Å². The Labute approximate surface area is 64.0 Å². The first-order chi connectivity index (χ1) is 4.83. The van der Waals surface area contributed by atoms with Crippen LogP contribution in [0.2, 0.25) is 12.1 Å². The van der Waals surface area contributed by atoms with E-state index in [0.717, 1.165) is 0 Å². The standard InChI is InChI=1S/C9H12Si/c1-3-6-10(7-4-2)8-5-9-10/h5,8-9H2,1-2H3. The summed E-state index contributed by atoms with van der Waals surface area (Å²) in [5.74, 6) is 6.01. The van der Waals surface area contributed by atoms with Gasteiger partial charge in [-0.3, -0.25) is 0 Å². The van der Waals surface area contributed by atoms with Gasteiger partial charge in [0.15, 0.2) is 0 Å². The SMILES string of the molecule is CC#C[Si]1(C#CC)CCC1. The molecule has 0 aromatic rings. The molecule has 1 heteroatoms. The van der Waals surface area contributed by atoms with Gasteiger partial charge < -0.3 is 0 Å². The summed E-state index contributed by atoms with van der Waals surface area (Å²) < 4.78 is 0. The highest BCUT2D eigenvalue weighted by Crippen LogP contribution is 2.30. The van der Waals surface area contributed by atoms with Crippen molar-refractivity contribution in [1.82, 2.24) is 0 Å². The lowest BCUT2D eigenvalue weighted by Crippen LogP contribution is -2.38. The zero-order valence-electron chi connectivity index (χ0n) is 6.62. The van der Waals surface area contributed by atoms with Crippen LogP contribution < -0.4 is 0 Å². The van der Waals surface area contributed by atoms with Gasteiger partial charge in [0.2, 0.25) is 8.07 Å². The molecular weight excluding hydrogens is 136 g/mol. The molecule has 0 N–H and O–H groups in total. The molecule has 0 spiro atoms. The third-order valence-electron chi connectivity index (χ3n) is 1.94. The van der Waals surface area contributed by atoms with Crippen LogP contribution in [0.25, 0.3) is 0 Å². The zero-order chi connectivity index (χ0) is 7.45. The average Bonchev–Trinajstić information content (AvgIpc) is 1.84. The van der Waals surface area contributed by atoms with Gasteiger partial charge >= 0.3 is 0 Å². The van der Waals surface area contributed by atoms with Crippen LogP contribution in [0.4, 0.5) is 0 Å². The van der Waals surface area contributed by atoms with Gasteiger partial charge in [-0.05, 0) is 25.9 Å². The van der Waals surface area contributed by atoms with Crippen LogP contribution in [0.5, 0.6) is 0 Å². The Morgan fingerprint density at radius 2 is 1.50 bits per heavy atom. The molecular formula is C9H12Si. The van der Waals surface area contributed by atoms with E-state index in [1.54, 1.807) is 0 Å². The molecule has 1 aliphatic rings. The Morgan fingerprint density at radius 1 is 1.00 bits per heavy atom. The molecule has 0 atom stereocenters. The van der Waals surface area contributed by atoms with Crippen LogP contribution in [-0.2, 0) is 0 Å². The van der Waals surface area contributed by atoms with E-state index in [0.29, 0.717) is 0 Å².